The van der Waals surface area contributed by atoms with Crippen LogP contribution in [0.3, 0.4) is 0 Å². The van der Waals surface area contributed by atoms with E-state index < -0.39 is 46.5 Å². The smallest absolute Gasteiger partial charge is 0.416 e. The summed E-state index contributed by atoms with van der Waals surface area (Å²) in [5, 5.41) is 15.2. The molecular formula is C34H26ClF5N2O4. The molecule has 0 aromatic heterocycles. The summed E-state index contributed by atoms with van der Waals surface area (Å²) in [5.41, 5.74) is -2.85. The molecule has 0 bridgehead atoms. The maximum atomic E-state index is 14.8. The predicted octanol–water partition coefficient (Wildman–Crippen LogP) is 7.63. The molecule has 1 heterocycles. The van der Waals surface area contributed by atoms with Gasteiger partial charge in [-0.25, -0.2) is 8.78 Å². The van der Waals surface area contributed by atoms with Gasteiger partial charge in [-0.05, 0) is 97.0 Å². The second-order valence-corrected chi connectivity index (χ2v) is 11.6. The van der Waals surface area contributed by atoms with Gasteiger partial charge in [-0.3, -0.25) is 14.5 Å². The minimum Gasteiger partial charge on any atom is -0.497 e. The van der Waals surface area contributed by atoms with E-state index in [4.69, 9.17) is 16.3 Å². The Balaban J connectivity index is 1.56. The molecule has 6 nitrogen and oxygen atoms in total. The molecule has 2 aliphatic rings. The van der Waals surface area contributed by atoms with Gasteiger partial charge in [-0.2, -0.15) is 13.2 Å². The van der Waals surface area contributed by atoms with Gasteiger partial charge in [-0.15, -0.1) is 0 Å². The minimum atomic E-state index is -4.92. The first-order valence-corrected chi connectivity index (χ1v) is 14.7. The van der Waals surface area contributed by atoms with Crippen LogP contribution in [-0.4, -0.2) is 28.9 Å². The van der Waals surface area contributed by atoms with Crippen molar-refractivity contribution in [1.29, 1.82) is 0 Å². The van der Waals surface area contributed by atoms with Crippen molar-refractivity contribution >= 4 is 29.1 Å². The number of aliphatic hydroxyl groups is 1. The van der Waals surface area contributed by atoms with E-state index in [1.807, 2.05) is 0 Å². The van der Waals surface area contributed by atoms with Gasteiger partial charge in [0.1, 0.15) is 17.4 Å². The van der Waals surface area contributed by atoms with E-state index in [0.717, 1.165) is 29.9 Å². The highest BCUT2D eigenvalue weighted by molar-refractivity contribution is 6.31. The number of hydrogen-bond donors (Lipinski definition) is 2. The molecule has 1 atom stereocenters. The van der Waals surface area contributed by atoms with Gasteiger partial charge in [0.2, 0.25) is 0 Å². The van der Waals surface area contributed by atoms with Crippen molar-refractivity contribution in [2.45, 2.75) is 44.1 Å². The average molecular weight is 657 g/mol. The lowest BCUT2D eigenvalue weighted by molar-refractivity contribution is -0.137. The summed E-state index contributed by atoms with van der Waals surface area (Å²) in [4.78, 5) is 29.0. The molecule has 0 saturated carbocycles. The molecule has 2 amide bonds. The van der Waals surface area contributed by atoms with Crippen molar-refractivity contribution in [2.75, 3.05) is 12.4 Å². The Morgan fingerprint density at radius 2 is 1.72 bits per heavy atom. The number of halogens is 6. The quantitative estimate of drug-likeness (QED) is 0.209. The van der Waals surface area contributed by atoms with Crippen LogP contribution in [0.4, 0.5) is 27.6 Å². The summed E-state index contributed by atoms with van der Waals surface area (Å²) in [6, 6.07) is 13.0. The normalized spacial score (nSPS) is 17.5. The molecule has 0 fully saturated rings. The third-order valence-corrected chi connectivity index (χ3v) is 8.72. The molecule has 0 saturated heterocycles. The van der Waals surface area contributed by atoms with Gasteiger partial charge in [0.25, 0.3) is 11.8 Å². The maximum absolute atomic E-state index is 14.8. The van der Waals surface area contributed by atoms with E-state index in [2.05, 4.69) is 5.32 Å². The molecule has 6 rings (SSSR count). The van der Waals surface area contributed by atoms with E-state index in [0.29, 0.717) is 47.4 Å². The lowest BCUT2D eigenvalue weighted by Gasteiger charge is -2.36. The van der Waals surface area contributed by atoms with Gasteiger partial charge in [-0.1, -0.05) is 23.7 Å². The summed E-state index contributed by atoms with van der Waals surface area (Å²) in [6.07, 6.45) is -2.43. The minimum absolute atomic E-state index is 0.0825. The molecule has 2 N–H and O–H groups in total. The van der Waals surface area contributed by atoms with Crippen molar-refractivity contribution < 1.29 is 41.4 Å². The second kappa shape index (κ2) is 11.7. The fraction of sp³-hybridized carbons (Fsp3) is 0.235. The first-order chi connectivity index (χ1) is 21.8. The second-order valence-electron chi connectivity index (χ2n) is 11.2. The van der Waals surface area contributed by atoms with Crippen molar-refractivity contribution in [3.8, 4) is 5.75 Å². The lowest BCUT2D eigenvalue weighted by Crippen LogP contribution is -2.44. The number of rotatable bonds is 6. The van der Waals surface area contributed by atoms with Crippen LogP contribution in [0.25, 0.3) is 0 Å². The molecular weight excluding hydrogens is 631 g/mol. The number of carbonyl (C=O) groups excluding carboxylic acids is 2. The number of nitrogens with one attached hydrogen (secondary N) is 1. The highest BCUT2D eigenvalue weighted by Gasteiger charge is 2.54. The molecule has 1 aliphatic carbocycles. The Labute approximate surface area is 265 Å². The standard InChI is InChI=1S/C34H26ClF5N2O4/c1-46-24-9-6-18(7-10-24)17-42-32(44)29-25-5-3-2-4-19(25)14-28(30(29)33(42,45)26-16-22(36)8-11-27(26)35)41-31(43)20-12-21(34(38,39)40)15-23(37)13-20/h6-16,45H,2-5,17H2,1H3,(H,41,43). The Kier molecular flexibility index (Phi) is 8.02. The first kappa shape index (κ1) is 31.5. The highest BCUT2D eigenvalue weighted by atomic mass is 35.5. The third kappa shape index (κ3) is 5.47. The van der Waals surface area contributed by atoms with Crippen molar-refractivity contribution in [3.63, 3.8) is 0 Å². The molecule has 46 heavy (non-hydrogen) atoms. The Bertz CT molecular complexity index is 1880. The van der Waals surface area contributed by atoms with E-state index in [-0.39, 0.29) is 40.0 Å². The van der Waals surface area contributed by atoms with Crippen LogP contribution in [-0.2, 0) is 31.3 Å². The van der Waals surface area contributed by atoms with Crippen LogP contribution in [0.15, 0.2) is 66.7 Å². The number of ether oxygens (including phenoxy) is 1. The predicted molar refractivity (Wildman–Crippen MR) is 160 cm³/mol. The molecule has 1 aliphatic heterocycles. The third-order valence-electron chi connectivity index (χ3n) is 8.39. The lowest BCUT2D eigenvalue weighted by atomic mass is 9.82. The zero-order chi connectivity index (χ0) is 33.0. The molecule has 0 radical (unpaired) electrons. The van der Waals surface area contributed by atoms with Gasteiger partial charge < -0.3 is 15.2 Å². The van der Waals surface area contributed by atoms with Gasteiger partial charge in [0, 0.05) is 28.3 Å². The molecule has 0 spiro atoms. The molecule has 238 valence electrons. The largest absolute Gasteiger partial charge is 0.497 e. The zero-order valence-electron chi connectivity index (χ0n) is 24.3. The van der Waals surface area contributed by atoms with Crippen LogP contribution >= 0.6 is 11.6 Å². The number of fused-ring (bicyclic) bond motifs is 3. The van der Waals surface area contributed by atoms with Crippen molar-refractivity contribution in [2.24, 2.45) is 0 Å². The van der Waals surface area contributed by atoms with Crippen LogP contribution in [0, 0.1) is 11.6 Å². The number of aryl methyl sites for hydroxylation is 1. The monoisotopic (exact) mass is 656 g/mol. The number of benzene rings is 4. The van der Waals surface area contributed by atoms with Crippen molar-refractivity contribution in [1.82, 2.24) is 4.90 Å². The fourth-order valence-corrected chi connectivity index (χ4v) is 6.49. The number of hydrogen-bond acceptors (Lipinski definition) is 4. The number of amides is 2. The van der Waals surface area contributed by atoms with E-state index in [1.165, 1.54) is 13.2 Å². The van der Waals surface area contributed by atoms with Crippen molar-refractivity contribution in [3.05, 3.63) is 128 Å². The Morgan fingerprint density at radius 1 is 1.00 bits per heavy atom. The first-order valence-electron chi connectivity index (χ1n) is 14.3. The number of methoxy groups -OCH3 is 1. The summed E-state index contributed by atoms with van der Waals surface area (Å²) in [7, 11) is 1.49. The summed E-state index contributed by atoms with van der Waals surface area (Å²) >= 11 is 6.55. The topological polar surface area (TPSA) is 78.9 Å². The van der Waals surface area contributed by atoms with Crippen LogP contribution in [0.1, 0.15) is 66.9 Å². The number of carbonyl (C=O) groups is 2. The van der Waals surface area contributed by atoms with E-state index in [1.54, 1.807) is 30.3 Å². The summed E-state index contributed by atoms with van der Waals surface area (Å²) < 4.78 is 74.6. The molecule has 1 unspecified atom stereocenters. The van der Waals surface area contributed by atoms with Gasteiger partial charge in [0.05, 0.1) is 23.9 Å². The SMILES string of the molecule is COc1ccc(CN2C(=O)c3c4c(cc(NC(=O)c5cc(F)cc(C(F)(F)F)c5)c3C2(O)c2cc(F)ccc2Cl)CCCC4)cc1. The van der Waals surface area contributed by atoms with Gasteiger partial charge >= 0.3 is 6.18 Å². The Hall–Kier alpha value is -4.48. The molecule has 12 heteroatoms. The maximum Gasteiger partial charge on any atom is 0.416 e. The molecule has 4 aromatic rings. The van der Waals surface area contributed by atoms with Crippen LogP contribution in [0.2, 0.25) is 5.02 Å². The fourth-order valence-electron chi connectivity index (χ4n) is 6.24. The van der Waals surface area contributed by atoms with Gasteiger partial charge in [0.15, 0.2) is 5.72 Å². The van der Waals surface area contributed by atoms with E-state index >= 15 is 0 Å². The number of anilines is 1. The summed E-state index contributed by atoms with van der Waals surface area (Å²) in [6.45, 7) is -0.179. The van der Waals surface area contributed by atoms with Crippen LogP contribution in [0.5, 0.6) is 5.75 Å². The number of nitrogens with zero attached hydrogens (tertiary/aromatic N) is 1. The summed E-state index contributed by atoms with van der Waals surface area (Å²) in [5.74, 6) is -3.22. The highest BCUT2D eigenvalue weighted by Crippen LogP contribution is 2.51. The number of alkyl halides is 3. The van der Waals surface area contributed by atoms with Crippen LogP contribution < -0.4 is 10.1 Å². The zero-order valence-corrected chi connectivity index (χ0v) is 25.0. The van der Waals surface area contributed by atoms with E-state index in [9.17, 15) is 36.6 Å². The average Bonchev–Trinajstić information content (AvgIpc) is 3.25. The molecule has 4 aromatic carbocycles. The Morgan fingerprint density at radius 3 is 2.41 bits per heavy atom.